The van der Waals surface area contributed by atoms with Gasteiger partial charge in [-0.15, -0.1) is 0 Å². The largest absolute Gasteiger partial charge is 0.508 e. The predicted octanol–water partition coefficient (Wildman–Crippen LogP) is 3.28. The molecule has 0 radical (unpaired) electrons. The lowest BCUT2D eigenvalue weighted by Gasteiger charge is -2.18. The number of rotatable bonds is 4. The Morgan fingerprint density at radius 3 is 2.79 bits per heavy atom. The minimum absolute atomic E-state index is 0.0435. The third-order valence-electron chi connectivity index (χ3n) is 3.08. The van der Waals surface area contributed by atoms with Gasteiger partial charge in [0, 0.05) is 11.8 Å². The van der Waals surface area contributed by atoms with Crippen molar-refractivity contribution < 1.29 is 9.84 Å². The maximum Gasteiger partial charge on any atom is 0.121 e. The minimum atomic E-state index is -0.0435. The van der Waals surface area contributed by atoms with E-state index in [1.807, 2.05) is 32.0 Å². The number of nitrogens with one attached hydrogen (secondary N) is 1. The number of aryl methyl sites for hydroxylation is 1. The first-order valence-corrected chi connectivity index (χ1v) is 6.17. The molecule has 0 bridgehead atoms. The number of phenols is 1. The van der Waals surface area contributed by atoms with Gasteiger partial charge in [-0.05, 0) is 44.2 Å². The lowest BCUT2D eigenvalue weighted by molar-refractivity contribution is 0.410. The number of hydrogen-bond acceptors (Lipinski definition) is 4. The SMILES string of the molecule is COc1ccc(O)c(C(C)Nc2cccnc2C)c1. The first-order chi connectivity index (χ1) is 9.11. The summed E-state index contributed by atoms with van der Waals surface area (Å²) in [5, 5.41) is 13.3. The van der Waals surface area contributed by atoms with Crippen molar-refractivity contribution in [3.63, 3.8) is 0 Å². The van der Waals surface area contributed by atoms with E-state index in [-0.39, 0.29) is 11.8 Å². The zero-order chi connectivity index (χ0) is 13.8. The summed E-state index contributed by atoms with van der Waals surface area (Å²) < 4.78 is 5.18. The van der Waals surface area contributed by atoms with Gasteiger partial charge in [-0.2, -0.15) is 0 Å². The van der Waals surface area contributed by atoms with Crippen LogP contribution in [0.5, 0.6) is 11.5 Å². The second kappa shape index (κ2) is 5.61. The van der Waals surface area contributed by atoms with Crippen LogP contribution in [0.3, 0.4) is 0 Å². The van der Waals surface area contributed by atoms with Gasteiger partial charge in [-0.3, -0.25) is 4.98 Å². The van der Waals surface area contributed by atoms with E-state index in [9.17, 15) is 5.11 Å². The van der Waals surface area contributed by atoms with Gasteiger partial charge in [0.05, 0.1) is 24.5 Å². The summed E-state index contributed by atoms with van der Waals surface area (Å²) in [6, 6.07) is 9.02. The summed E-state index contributed by atoms with van der Waals surface area (Å²) in [5.41, 5.74) is 2.68. The molecule has 0 spiro atoms. The monoisotopic (exact) mass is 258 g/mol. The van der Waals surface area contributed by atoms with Crippen LogP contribution in [-0.2, 0) is 0 Å². The van der Waals surface area contributed by atoms with E-state index < -0.39 is 0 Å². The van der Waals surface area contributed by atoms with Gasteiger partial charge < -0.3 is 15.2 Å². The van der Waals surface area contributed by atoms with Crippen LogP contribution >= 0.6 is 0 Å². The van der Waals surface area contributed by atoms with Gasteiger partial charge in [-0.25, -0.2) is 0 Å². The van der Waals surface area contributed by atoms with Crippen molar-refractivity contribution in [2.75, 3.05) is 12.4 Å². The van der Waals surface area contributed by atoms with Gasteiger partial charge in [0.25, 0.3) is 0 Å². The lowest BCUT2D eigenvalue weighted by Crippen LogP contribution is -2.08. The summed E-state index contributed by atoms with van der Waals surface area (Å²) in [6.07, 6.45) is 1.76. The highest BCUT2D eigenvalue weighted by molar-refractivity contribution is 5.51. The van der Waals surface area contributed by atoms with Crippen LogP contribution in [0.4, 0.5) is 5.69 Å². The molecule has 1 heterocycles. The highest BCUT2D eigenvalue weighted by Gasteiger charge is 2.12. The molecule has 0 fully saturated rings. The number of hydrogen-bond donors (Lipinski definition) is 2. The summed E-state index contributed by atoms with van der Waals surface area (Å²) in [5.74, 6) is 0.978. The van der Waals surface area contributed by atoms with E-state index in [1.165, 1.54) is 0 Å². The molecule has 2 aromatic rings. The number of anilines is 1. The minimum Gasteiger partial charge on any atom is -0.508 e. The Morgan fingerprint density at radius 2 is 2.11 bits per heavy atom. The zero-order valence-corrected chi connectivity index (χ0v) is 11.3. The molecule has 1 aromatic heterocycles. The highest BCUT2D eigenvalue weighted by atomic mass is 16.5. The predicted molar refractivity (Wildman–Crippen MR) is 75.7 cm³/mol. The normalized spacial score (nSPS) is 11.9. The zero-order valence-electron chi connectivity index (χ0n) is 11.3. The second-order valence-corrected chi connectivity index (χ2v) is 4.43. The Hall–Kier alpha value is -2.23. The van der Waals surface area contributed by atoms with E-state index in [2.05, 4.69) is 10.3 Å². The summed E-state index contributed by atoms with van der Waals surface area (Å²) in [4.78, 5) is 4.23. The molecule has 0 aliphatic heterocycles. The van der Waals surface area contributed by atoms with Crippen LogP contribution in [0.25, 0.3) is 0 Å². The third kappa shape index (κ3) is 2.96. The highest BCUT2D eigenvalue weighted by Crippen LogP contribution is 2.30. The van der Waals surface area contributed by atoms with Crippen molar-refractivity contribution >= 4 is 5.69 Å². The molecule has 1 aromatic carbocycles. The fourth-order valence-electron chi connectivity index (χ4n) is 1.95. The summed E-state index contributed by atoms with van der Waals surface area (Å²) in [6.45, 7) is 3.93. The Morgan fingerprint density at radius 1 is 1.32 bits per heavy atom. The molecule has 4 nitrogen and oxygen atoms in total. The van der Waals surface area contributed by atoms with Crippen LogP contribution in [0, 0.1) is 6.92 Å². The van der Waals surface area contributed by atoms with Crippen LogP contribution in [0.2, 0.25) is 0 Å². The maximum absolute atomic E-state index is 9.94. The number of aromatic hydroxyl groups is 1. The standard InChI is InChI=1S/C15H18N2O2/c1-10(17-14-5-4-8-16-11(14)2)13-9-12(19-3)6-7-15(13)18/h4-10,17-18H,1-3H3. The average molecular weight is 258 g/mol. The number of aromatic nitrogens is 1. The fourth-order valence-corrected chi connectivity index (χ4v) is 1.95. The number of pyridine rings is 1. The van der Waals surface area contributed by atoms with Gasteiger partial charge in [-0.1, -0.05) is 0 Å². The van der Waals surface area contributed by atoms with Gasteiger partial charge in [0.2, 0.25) is 0 Å². The first kappa shape index (κ1) is 13.2. The number of ether oxygens (including phenoxy) is 1. The van der Waals surface area contributed by atoms with Crippen molar-refractivity contribution in [1.82, 2.24) is 4.98 Å². The lowest BCUT2D eigenvalue weighted by atomic mass is 10.1. The van der Waals surface area contributed by atoms with Crippen molar-refractivity contribution in [3.8, 4) is 11.5 Å². The van der Waals surface area contributed by atoms with Crippen LogP contribution in [0.1, 0.15) is 24.2 Å². The molecule has 2 N–H and O–H groups in total. The van der Waals surface area contributed by atoms with Crippen LogP contribution < -0.4 is 10.1 Å². The van der Waals surface area contributed by atoms with Crippen molar-refractivity contribution in [2.24, 2.45) is 0 Å². The molecular formula is C15H18N2O2. The number of nitrogens with zero attached hydrogens (tertiary/aromatic N) is 1. The number of benzene rings is 1. The molecule has 0 saturated carbocycles. The molecule has 0 aliphatic rings. The maximum atomic E-state index is 9.94. The molecule has 0 saturated heterocycles. The Bertz CT molecular complexity index is 570. The molecule has 1 atom stereocenters. The fraction of sp³-hybridized carbons (Fsp3) is 0.267. The molecule has 1 unspecified atom stereocenters. The van der Waals surface area contributed by atoms with E-state index >= 15 is 0 Å². The molecule has 100 valence electrons. The van der Waals surface area contributed by atoms with Gasteiger partial charge in [0.15, 0.2) is 0 Å². The first-order valence-electron chi connectivity index (χ1n) is 6.17. The quantitative estimate of drug-likeness (QED) is 0.883. The molecular weight excluding hydrogens is 240 g/mol. The van der Waals surface area contributed by atoms with E-state index in [1.54, 1.807) is 25.4 Å². The average Bonchev–Trinajstić information content (AvgIpc) is 2.42. The van der Waals surface area contributed by atoms with E-state index in [0.717, 1.165) is 22.7 Å². The topological polar surface area (TPSA) is 54.4 Å². The number of methoxy groups -OCH3 is 1. The van der Waals surface area contributed by atoms with Crippen LogP contribution in [-0.4, -0.2) is 17.2 Å². The van der Waals surface area contributed by atoms with Crippen LogP contribution in [0.15, 0.2) is 36.5 Å². The van der Waals surface area contributed by atoms with Gasteiger partial charge >= 0.3 is 0 Å². The van der Waals surface area contributed by atoms with E-state index in [0.29, 0.717) is 0 Å². The molecule has 4 heteroatoms. The van der Waals surface area contributed by atoms with Crippen molar-refractivity contribution in [3.05, 3.63) is 47.8 Å². The second-order valence-electron chi connectivity index (χ2n) is 4.43. The Balaban J connectivity index is 2.25. The Kier molecular flexibility index (Phi) is 3.90. The number of phenolic OH excluding ortho intramolecular Hbond substituents is 1. The van der Waals surface area contributed by atoms with E-state index in [4.69, 9.17) is 4.74 Å². The smallest absolute Gasteiger partial charge is 0.121 e. The molecule has 2 rings (SSSR count). The van der Waals surface area contributed by atoms with Crippen molar-refractivity contribution in [2.45, 2.75) is 19.9 Å². The summed E-state index contributed by atoms with van der Waals surface area (Å²) >= 11 is 0. The third-order valence-corrected chi connectivity index (χ3v) is 3.08. The molecule has 19 heavy (non-hydrogen) atoms. The molecule has 0 amide bonds. The van der Waals surface area contributed by atoms with Gasteiger partial charge in [0.1, 0.15) is 11.5 Å². The van der Waals surface area contributed by atoms with Crippen molar-refractivity contribution in [1.29, 1.82) is 0 Å². The molecule has 0 aliphatic carbocycles. The summed E-state index contributed by atoms with van der Waals surface area (Å²) in [7, 11) is 1.61. The Labute approximate surface area is 113 Å².